The van der Waals surface area contributed by atoms with Gasteiger partial charge in [0, 0.05) is 17.3 Å². The zero-order chi connectivity index (χ0) is 9.26. The molecule has 0 saturated heterocycles. The molecule has 1 heteroatoms. The fourth-order valence-electron chi connectivity index (χ4n) is 1.60. The Morgan fingerprint density at radius 3 is 2.85 bits per heavy atom. The normalized spacial score (nSPS) is 10.6. The molecule has 0 bridgehead atoms. The molecule has 0 saturated carbocycles. The monoisotopic (exact) mass is 171 g/mol. The van der Waals surface area contributed by atoms with Gasteiger partial charge in [0.05, 0.1) is 0 Å². The van der Waals surface area contributed by atoms with Crippen LogP contribution >= 0.6 is 0 Å². The molecule has 2 rings (SSSR count). The highest BCUT2D eigenvalue weighted by Crippen LogP contribution is 2.17. The molecule has 0 spiro atoms. The first-order chi connectivity index (χ1) is 6.31. The summed E-state index contributed by atoms with van der Waals surface area (Å²) in [7, 11) is 0. The van der Waals surface area contributed by atoms with E-state index < -0.39 is 0 Å². The topological polar surface area (TPSA) is 12.9 Å². The van der Waals surface area contributed by atoms with Crippen LogP contribution in [-0.4, -0.2) is 4.98 Å². The first kappa shape index (κ1) is 8.24. The van der Waals surface area contributed by atoms with Crippen LogP contribution in [0.5, 0.6) is 0 Å². The summed E-state index contributed by atoms with van der Waals surface area (Å²) in [6.07, 6.45) is 2.97. The van der Waals surface area contributed by atoms with Gasteiger partial charge in [-0.15, -0.1) is 0 Å². The first-order valence-corrected chi connectivity index (χ1v) is 4.65. The number of aryl methyl sites for hydroxylation is 2. The van der Waals surface area contributed by atoms with Crippen LogP contribution in [0.25, 0.3) is 10.8 Å². The number of fused-ring (bicyclic) bond motifs is 1. The summed E-state index contributed by atoms with van der Waals surface area (Å²) in [6.45, 7) is 4.23. The third-order valence-corrected chi connectivity index (χ3v) is 2.44. The lowest BCUT2D eigenvalue weighted by Gasteiger charge is -2.02. The van der Waals surface area contributed by atoms with E-state index in [0.717, 1.165) is 12.1 Å². The Hall–Kier alpha value is -1.37. The fourth-order valence-corrected chi connectivity index (χ4v) is 1.60. The van der Waals surface area contributed by atoms with Crippen molar-refractivity contribution in [1.82, 2.24) is 4.98 Å². The van der Waals surface area contributed by atoms with Crippen molar-refractivity contribution >= 4 is 10.8 Å². The fraction of sp³-hybridized carbons (Fsp3) is 0.250. The largest absolute Gasteiger partial charge is 0.261 e. The molecule has 1 heterocycles. The molecule has 0 aliphatic heterocycles. The predicted molar refractivity (Wildman–Crippen MR) is 55.9 cm³/mol. The summed E-state index contributed by atoms with van der Waals surface area (Å²) in [5, 5.41) is 2.56. The molecule has 0 aliphatic rings. The lowest BCUT2D eigenvalue weighted by Crippen LogP contribution is -1.85. The van der Waals surface area contributed by atoms with Crippen LogP contribution in [0, 0.1) is 6.92 Å². The Labute approximate surface area is 78.4 Å². The Bertz CT molecular complexity index is 432. The van der Waals surface area contributed by atoms with Crippen LogP contribution < -0.4 is 0 Å². The molecule has 1 nitrogen and oxygen atoms in total. The van der Waals surface area contributed by atoms with E-state index in [0.29, 0.717) is 0 Å². The highest BCUT2D eigenvalue weighted by atomic mass is 14.7. The molecule has 0 N–H and O–H groups in total. The van der Waals surface area contributed by atoms with Crippen molar-refractivity contribution in [2.75, 3.05) is 0 Å². The molecule has 0 fully saturated rings. The van der Waals surface area contributed by atoms with Crippen LogP contribution in [0.1, 0.15) is 18.2 Å². The van der Waals surface area contributed by atoms with Gasteiger partial charge in [-0.05, 0) is 30.4 Å². The van der Waals surface area contributed by atoms with Gasteiger partial charge in [-0.3, -0.25) is 4.98 Å². The quantitative estimate of drug-likeness (QED) is 0.642. The highest BCUT2D eigenvalue weighted by Gasteiger charge is 1.97. The molecule has 13 heavy (non-hydrogen) atoms. The van der Waals surface area contributed by atoms with Crippen LogP contribution in [0.3, 0.4) is 0 Å². The van der Waals surface area contributed by atoms with Gasteiger partial charge >= 0.3 is 0 Å². The van der Waals surface area contributed by atoms with E-state index in [9.17, 15) is 0 Å². The van der Waals surface area contributed by atoms with Crippen LogP contribution in [-0.2, 0) is 6.42 Å². The van der Waals surface area contributed by atoms with Crippen LogP contribution in [0.15, 0.2) is 30.5 Å². The van der Waals surface area contributed by atoms with Crippen molar-refractivity contribution < 1.29 is 0 Å². The average Bonchev–Trinajstić information content (AvgIpc) is 2.18. The number of benzene rings is 1. The minimum Gasteiger partial charge on any atom is -0.261 e. The molecule has 1 aromatic heterocycles. The summed E-state index contributed by atoms with van der Waals surface area (Å²) >= 11 is 0. The van der Waals surface area contributed by atoms with Crippen molar-refractivity contribution in [3.8, 4) is 0 Å². The minimum absolute atomic E-state index is 1.09. The van der Waals surface area contributed by atoms with Crippen molar-refractivity contribution in [1.29, 1.82) is 0 Å². The molecule has 0 atom stereocenters. The van der Waals surface area contributed by atoms with E-state index in [4.69, 9.17) is 0 Å². The van der Waals surface area contributed by atoms with Crippen molar-refractivity contribution in [2.24, 2.45) is 0 Å². The molecular weight excluding hydrogens is 158 g/mol. The Kier molecular flexibility index (Phi) is 2.01. The van der Waals surface area contributed by atoms with E-state index in [1.54, 1.807) is 0 Å². The lowest BCUT2D eigenvalue weighted by molar-refractivity contribution is 1.14. The zero-order valence-electron chi connectivity index (χ0n) is 8.04. The second-order valence-electron chi connectivity index (χ2n) is 3.31. The predicted octanol–water partition coefficient (Wildman–Crippen LogP) is 3.11. The minimum atomic E-state index is 1.09. The van der Waals surface area contributed by atoms with Gasteiger partial charge in [0.2, 0.25) is 0 Å². The summed E-state index contributed by atoms with van der Waals surface area (Å²) in [5.41, 5.74) is 2.50. The number of pyridine rings is 1. The molecule has 0 unspecified atom stereocenters. The average molecular weight is 171 g/mol. The van der Waals surface area contributed by atoms with Gasteiger partial charge in [0.1, 0.15) is 0 Å². The van der Waals surface area contributed by atoms with Crippen molar-refractivity contribution in [3.63, 3.8) is 0 Å². The maximum Gasteiger partial charge on any atom is 0.0450 e. The van der Waals surface area contributed by atoms with Crippen LogP contribution in [0.4, 0.5) is 0 Å². The van der Waals surface area contributed by atoms with Crippen LogP contribution in [0.2, 0.25) is 0 Å². The van der Waals surface area contributed by atoms with Gasteiger partial charge < -0.3 is 0 Å². The van der Waals surface area contributed by atoms with Gasteiger partial charge in [-0.25, -0.2) is 0 Å². The number of aromatic nitrogens is 1. The van der Waals surface area contributed by atoms with Gasteiger partial charge in [-0.1, -0.05) is 25.1 Å². The SMILES string of the molecule is CCc1ccc2c(C)nccc2c1. The van der Waals surface area contributed by atoms with Gasteiger partial charge in [0.25, 0.3) is 0 Å². The van der Waals surface area contributed by atoms with E-state index in [1.165, 1.54) is 16.3 Å². The number of rotatable bonds is 1. The van der Waals surface area contributed by atoms with Gasteiger partial charge in [0.15, 0.2) is 0 Å². The number of hydrogen-bond donors (Lipinski definition) is 0. The molecule has 66 valence electrons. The van der Waals surface area contributed by atoms with Crippen molar-refractivity contribution in [2.45, 2.75) is 20.3 Å². The summed E-state index contributed by atoms with van der Waals surface area (Å²) in [5.74, 6) is 0. The maximum atomic E-state index is 4.26. The highest BCUT2D eigenvalue weighted by molar-refractivity contribution is 5.84. The molecule has 0 aliphatic carbocycles. The Morgan fingerprint density at radius 1 is 1.23 bits per heavy atom. The van der Waals surface area contributed by atoms with Crippen molar-refractivity contribution in [3.05, 3.63) is 41.7 Å². The Morgan fingerprint density at radius 2 is 2.08 bits per heavy atom. The van der Waals surface area contributed by atoms with E-state index >= 15 is 0 Å². The number of hydrogen-bond acceptors (Lipinski definition) is 1. The summed E-state index contributed by atoms with van der Waals surface area (Å²) in [6, 6.07) is 8.65. The summed E-state index contributed by atoms with van der Waals surface area (Å²) in [4.78, 5) is 4.26. The van der Waals surface area contributed by atoms with E-state index in [1.807, 2.05) is 13.1 Å². The standard InChI is InChI=1S/C12H13N/c1-3-10-4-5-12-9(2)13-7-6-11(12)8-10/h4-8H,3H2,1-2H3. The second-order valence-corrected chi connectivity index (χ2v) is 3.31. The zero-order valence-corrected chi connectivity index (χ0v) is 8.04. The lowest BCUT2D eigenvalue weighted by atomic mass is 10.1. The molecule has 0 amide bonds. The smallest absolute Gasteiger partial charge is 0.0450 e. The molecule has 1 aromatic carbocycles. The number of nitrogens with zero attached hydrogens (tertiary/aromatic N) is 1. The van der Waals surface area contributed by atoms with E-state index in [2.05, 4.69) is 36.2 Å². The molecule has 2 aromatic rings. The first-order valence-electron chi connectivity index (χ1n) is 4.65. The molecule has 0 radical (unpaired) electrons. The maximum absolute atomic E-state index is 4.26. The van der Waals surface area contributed by atoms with E-state index in [-0.39, 0.29) is 0 Å². The molecular formula is C12H13N. The third-order valence-electron chi connectivity index (χ3n) is 2.44. The summed E-state index contributed by atoms with van der Waals surface area (Å²) < 4.78 is 0. The third kappa shape index (κ3) is 1.42. The van der Waals surface area contributed by atoms with Gasteiger partial charge in [-0.2, -0.15) is 0 Å². The Balaban J connectivity index is 2.72. The second kappa shape index (κ2) is 3.17.